The van der Waals surface area contributed by atoms with Gasteiger partial charge in [-0.1, -0.05) is 19.1 Å². The number of aromatic nitrogens is 1. The molecule has 0 bridgehead atoms. The minimum Gasteiger partial charge on any atom is -0.346 e. The van der Waals surface area contributed by atoms with Crippen LogP contribution in [0.4, 0.5) is 0 Å². The van der Waals surface area contributed by atoms with Gasteiger partial charge in [-0.3, -0.25) is 4.79 Å². The van der Waals surface area contributed by atoms with Crippen molar-refractivity contribution in [1.29, 1.82) is 0 Å². The molecule has 0 aliphatic heterocycles. The van der Waals surface area contributed by atoms with Crippen molar-refractivity contribution in [2.75, 3.05) is 0 Å². The van der Waals surface area contributed by atoms with Gasteiger partial charge in [0.2, 0.25) is 5.91 Å². The zero-order valence-electron chi connectivity index (χ0n) is 9.80. The van der Waals surface area contributed by atoms with E-state index in [-0.39, 0.29) is 23.9 Å². The smallest absolute Gasteiger partial charge is 0.227 e. The summed E-state index contributed by atoms with van der Waals surface area (Å²) in [5.74, 6) is -0.0322. The van der Waals surface area contributed by atoms with Crippen LogP contribution in [0.3, 0.4) is 0 Å². The summed E-state index contributed by atoms with van der Waals surface area (Å²) in [5.41, 5.74) is 5.74. The van der Waals surface area contributed by atoms with E-state index in [1.54, 1.807) is 17.5 Å². The first-order valence-electron chi connectivity index (χ1n) is 5.84. The lowest BCUT2D eigenvalue weighted by Gasteiger charge is -2.17. The molecule has 17 heavy (non-hydrogen) atoms. The molecule has 1 aromatic rings. The molecule has 0 fully saturated rings. The number of rotatable bonds is 4. The van der Waals surface area contributed by atoms with Crippen molar-refractivity contribution in [2.45, 2.75) is 31.8 Å². The molecule has 0 radical (unpaired) electrons. The van der Waals surface area contributed by atoms with Gasteiger partial charge in [0.25, 0.3) is 0 Å². The van der Waals surface area contributed by atoms with Gasteiger partial charge in [0, 0.05) is 17.6 Å². The van der Waals surface area contributed by atoms with Gasteiger partial charge in [-0.15, -0.1) is 11.3 Å². The lowest BCUT2D eigenvalue weighted by atomic mass is 10.1. The molecule has 2 rings (SSSR count). The van der Waals surface area contributed by atoms with E-state index in [0.29, 0.717) is 6.42 Å². The van der Waals surface area contributed by atoms with Gasteiger partial charge in [-0.2, -0.15) is 0 Å². The van der Waals surface area contributed by atoms with Crippen LogP contribution >= 0.6 is 11.3 Å². The van der Waals surface area contributed by atoms with E-state index >= 15 is 0 Å². The molecular weight excluding hydrogens is 234 g/mol. The quantitative estimate of drug-likeness (QED) is 0.799. The number of amides is 1. The molecule has 0 saturated carbocycles. The summed E-state index contributed by atoms with van der Waals surface area (Å²) in [6.07, 6.45) is 7.12. The second-order valence-corrected chi connectivity index (χ2v) is 5.16. The fourth-order valence-electron chi connectivity index (χ4n) is 1.95. The third kappa shape index (κ3) is 2.92. The van der Waals surface area contributed by atoms with Crippen molar-refractivity contribution in [3.63, 3.8) is 0 Å². The van der Waals surface area contributed by atoms with E-state index in [1.807, 2.05) is 24.5 Å². The average Bonchev–Trinajstić information content (AvgIpc) is 2.96. The highest BCUT2D eigenvalue weighted by Gasteiger charge is 2.25. The second-order valence-electron chi connectivity index (χ2n) is 4.23. The largest absolute Gasteiger partial charge is 0.346 e. The van der Waals surface area contributed by atoms with E-state index in [2.05, 4.69) is 10.3 Å². The molecule has 0 saturated heterocycles. The summed E-state index contributed by atoms with van der Waals surface area (Å²) in [5, 5.41) is 5.92. The Balaban J connectivity index is 1.95. The normalized spacial score (nSPS) is 24.8. The Morgan fingerprint density at radius 3 is 3.06 bits per heavy atom. The Kier molecular flexibility index (Phi) is 3.91. The molecule has 0 aromatic carbocycles. The van der Waals surface area contributed by atoms with Gasteiger partial charge in [0.1, 0.15) is 5.01 Å². The van der Waals surface area contributed by atoms with Gasteiger partial charge in [-0.05, 0) is 12.8 Å². The van der Waals surface area contributed by atoms with Crippen LogP contribution in [-0.2, 0) is 4.79 Å². The summed E-state index contributed by atoms with van der Waals surface area (Å²) in [4.78, 5) is 16.3. The summed E-state index contributed by atoms with van der Waals surface area (Å²) < 4.78 is 0. The van der Waals surface area contributed by atoms with Crippen LogP contribution in [0.5, 0.6) is 0 Å². The van der Waals surface area contributed by atoms with Crippen LogP contribution in [0.15, 0.2) is 23.7 Å². The molecule has 92 valence electrons. The van der Waals surface area contributed by atoms with Crippen LogP contribution in [0.2, 0.25) is 0 Å². The first-order chi connectivity index (χ1) is 8.20. The molecule has 3 N–H and O–H groups in total. The molecule has 5 heteroatoms. The predicted octanol–water partition coefficient (Wildman–Crippen LogP) is 1.61. The van der Waals surface area contributed by atoms with Gasteiger partial charge < -0.3 is 11.1 Å². The Hall–Kier alpha value is -1.20. The van der Waals surface area contributed by atoms with Crippen molar-refractivity contribution in [3.05, 3.63) is 28.7 Å². The minimum absolute atomic E-state index is 0.0192. The van der Waals surface area contributed by atoms with Crippen molar-refractivity contribution >= 4 is 17.2 Å². The van der Waals surface area contributed by atoms with E-state index in [9.17, 15) is 4.79 Å². The number of hydrogen-bond donors (Lipinski definition) is 2. The zero-order valence-corrected chi connectivity index (χ0v) is 10.6. The lowest BCUT2D eigenvalue weighted by Crippen LogP contribution is -2.33. The molecule has 1 aromatic heterocycles. The number of nitrogens with one attached hydrogen (secondary N) is 1. The van der Waals surface area contributed by atoms with Crippen LogP contribution in [0.1, 0.15) is 30.8 Å². The number of nitrogens with two attached hydrogens (primary N) is 1. The maximum atomic E-state index is 12.0. The third-order valence-electron chi connectivity index (χ3n) is 2.93. The lowest BCUT2D eigenvalue weighted by molar-refractivity contribution is -0.124. The molecule has 1 heterocycles. The minimum atomic E-state index is -0.0842. The van der Waals surface area contributed by atoms with Crippen molar-refractivity contribution in [1.82, 2.24) is 10.3 Å². The molecule has 4 nitrogen and oxygen atoms in total. The van der Waals surface area contributed by atoms with Gasteiger partial charge in [-0.25, -0.2) is 4.98 Å². The van der Waals surface area contributed by atoms with E-state index in [0.717, 1.165) is 11.4 Å². The number of hydrogen-bond acceptors (Lipinski definition) is 4. The standard InChI is InChI=1S/C12H17N3OS/c1-2-10(12-14-5-6-17-12)15-11(16)8-3-4-9(13)7-8/h3-6,8-10H,2,7,13H2,1H3,(H,15,16). The Morgan fingerprint density at radius 2 is 2.53 bits per heavy atom. The van der Waals surface area contributed by atoms with Crippen molar-refractivity contribution in [3.8, 4) is 0 Å². The van der Waals surface area contributed by atoms with Crippen LogP contribution < -0.4 is 11.1 Å². The fourth-order valence-corrected chi connectivity index (χ4v) is 2.72. The fraction of sp³-hybridized carbons (Fsp3) is 0.500. The van der Waals surface area contributed by atoms with Gasteiger partial charge >= 0.3 is 0 Å². The number of thiazole rings is 1. The molecule has 1 amide bonds. The highest BCUT2D eigenvalue weighted by Crippen LogP contribution is 2.22. The zero-order chi connectivity index (χ0) is 12.3. The van der Waals surface area contributed by atoms with Crippen molar-refractivity contribution < 1.29 is 4.79 Å². The van der Waals surface area contributed by atoms with E-state index < -0.39 is 0 Å². The van der Waals surface area contributed by atoms with Gasteiger partial charge in [0.05, 0.1) is 12.0 Å². The van der Waals surface area contributed by atoms with Crippen molar-refractivity contribution in [2.24, 2.45) is 11.7 Å². The molecule has 1 aliphatic carbocycles. The SMILES string of the molecule is CCC(NC(=O)C1C=CC(N)C1)c1nccs1. The highest BCUT2D eigenvalue weighted by molar-refractivity contribution is 7.09. The number of nitrogens with zero attached hydrogens (tertiary/aromatic N) is 1. The van der Waals surface area contributed by atoms with Crippen LogP contribution in [0.25, 0.3) is 0 Å². The first-order valence-corrected chi connectivity index (χ1v) is 6.72. The van der Waals surface area contributed by atoms with E-state index in [1.165, 1.54) is 0 Å². The summed E-state index contributed by atoms with van der Waals surface area (Å²) >= 11 is 1.57. The van der Waals surface area contributed by atoms with Gasteiger partial charge in [0.15, 0.2) is 0 Å². The molecular formula is C12H17N3OS. The molecule has 1 aliphatic rings. The third-order valence-corrected chi connectivity index (χ3v) is 3.82. The Morgan fingerprint density at radius 1 is 1.71 bits per heavy atom. The Bertz CT molecular complexity index is 402. The first kappa shape index (κ1) is 12.3. The van der Waals surface area contributed by atoms with Crippen LogP contribution in [-0.4, -0.2) is 16.9 Å². The maximum Gasteiger partial charge on any atom is 0.227 e. The number of carbonyl (C=O) groups is 1. The number of carbonyl (C=O) groups excluding carboxylic acids is 1. The summed E-state index contributed by atoms with van der Waals surface area (Å²) in [6.45, 7) is 2.04. The maximum absolute atomic E-state index is 12.0. The molecule has 3 unspecified atom stereocenters. The average molecular weight is 251 g/mol. The van der Waals surface area contributed by atoms with Crippen LogP contribution in [0, 0.1) is 5.92 Å². The summed E-state index contributed by atoms with van der Waals surface area (Å²) in [7, 11) is 0. The topological polar surface area (TPSA) is 68.0 Å². The predicted molar refractivity (Wildman–Crippen MR) is 68.5 cm³/mol. The highest BCUT2D eigenvalue weighted by atomic mass is 32.1. The molecule has 0 spiro atoms. The summed E-state index contributed by atoms with van der Waals surface area (Å²) in [6, 6.07) is 0.0402. The molecule has 3 atom stereocenters. The van der Waals surface area contributed by atoms with E-state index in [4.69, 9.17) is 5.73 Å². The monoisotopic (exact) mass is 251 g/mol. The second kappa shape index (κ2) is 5.42. The Labute approximate surface area is 105 Å².